The highest BCUT2D eigenvalue weighted by Gasteiger charge is 2.19. The molecule has 1 aliphatic rings. The summed E-state index contributed by atoms with van der Waals surface area (Å²) >= 11 is 0. The molecule has 0 radical (unpaired) electrons. The third-order valence-electron chi connectivity index (χ3n) is 2.61. The lowest BCUT2D eigenvalue weighted by Gasteiger charge is -2.31. The fourth-order valence-corrected chi connectivity index (χ4v) is 1.72. The molecule has 1 fully saturated rings. The van der Waals surface area contributed by atoms with Crippen LogP contribution in [0.1, 0.15) is 13.3 Å². The molecular formula is C11H23ClN2O3. The molecule has 0 aliphatic carbocycles. The van der Waals surface area contributed by atoms with E-state index in [0.717, 1.165) is 19.6 Å². The molecule has 1 saturated heterocycles. The second kappa shape index (κ2) is 9.65. The number of nitrogens with zero attached hydrogens (tertiary/aromatic N) is 1. The minimum Gasteiger partial charge on any atom is -0.382 e. The van der Waals surface area contributed by atoms with Gasteiger partial charge in [-0.2, -0.15) is 0 Å². The third kappa shape index (κ3) is 6.83. The predicted octanol–water partition coefficient (Wildman–Crippen LogP) is 0.282. The molecule has 1 unspecified atom stereocenters. The first kappa shape index (κ1) is 16.6. The van der Waals surface area contributed by atoms with Gasteiger partial charge in [0, 0.05) is 32.8 Å². The molecule has 102 valence electrons. The van der Waals surface area contributed by atoms with Crippen molar-refractivity contribution in [3.8, 4) is 0 Å². The zero-order valence-electron chi connectivity index (χ0n) is 10.6. The zero-order chi connectivity index (χ0) is 11.8. The number of halogens is 1. The van der Waals surface area contributed by atoms with E-state index in [9.17, 15) is 4.79 Å². The monoisotopic (exact) mass is 266 g/mol. The summed E-state index contributed by atoms with van der Waals surface area (Å²) in [6.07, 6.45) is 0.469. The van der Waals surface area contributed by atoms with Crippen molar-refractivity contribution >= 4 is 18.3 Å². The van der Waals surface area contributed by atoms with E-state index in [0.29, 0.717) is 32.3 Å². The predicted molar refractivity (Wildman–Crippen MR) is 68.6 cm³/mol. The molecule has 5 nitrogen and oxygen atoms in total. The molecule has 1 rings (SSSR count). The number of nitrogens with one attached hydrogen (secondary N) is 1. The van der Waals surface area contributed by atoms with Crippen LogP contribution in [0.2, 0.25) is 0 Å². The van der Waals surface area contributed by atoms with Crippen LogP contribution in [0.3, 0.4) is 0 Å². The standard InChI is InChI=1S/C11H22N2O3.ClH/c1-10-9-13(5-4-12-10)11(14)3-6-16-8-7-15-2;/h10,12H,3-9H2,1-2H3;1H. The highest BCUT2D eigenvalue weighted by Crippen LogP contribution is 2.01. The summed E-state index contributed by atoms with van der Waals surface area (Å²) in [6, 6.07) is 0.395. The maximum absolute atomic E-state index is 11.8. The van der Waals surface area contributed by atoms with Crippen molar-refractivity contribution in [2.45, 2.75) is 19.4 Å². The van der Waals surface area contributed by atoms with Gasteiger partial charge in [-0.15, -0.1) is 12.4 Å². The average molecular weight is 267 g/mol. The Kier molecular flexibility index (Phi) is 9.44. The number of carbonyl (C=O) groups excluding carboxylic acids is 1. The molecule has 17 heavy (non-hydrogen) atoms. The van der Waals surface area contributed by atoms with E-state index in [2.05, 4.69) is 12.2 Å². The van der Waals surface area contributed by atoms with Crippen LogP contribution in [0.5, 0.6) is 0 Å². The van der Waals surface area contributed by atoms with Crippen molar-refractivity contribution in [3.05, 3.63) is 0 Å². The zero-order valence-corrected chi connectivity index (χ0v) is 11.4. The largest absolute Gasteiger partial charge is 0.382 e. The lowest BCUT2D eigenvalue weighted by Crippen LogP contribution is -2.51. The van der Waals surface area contributed by atoms with Gasteiger partial charge in [-0.05, 0) is 6.92 Å². The highest BCUT2D eigenvalue weighted by atomic mass is 35.5. The summed E-state index contributed by atoms with van der Waals surface area (Å²) in [5.74, 6) is 0.186. The van der Waals surface area contributed by atoms with Gasteiger partial charge in [0.2, 0.25) is 5.91 Å². The molecule has 0 aromatic carbocycles. The number of hydrogen-bond acceptors (Lipinski definition) is 4. The van der Waals surface area contributed by atoms with Gasteiger partial charge in [-0.25, -0.2) is 0 Å². The Morgan fingerprint density at radius 1 is 1.41 bits per heavy atom. The minimum absolute atomic E-state index is 0. The maximum atomic E-state index is 11.8. The van der Waals surface area contributed by atoms with Crippen LogP contribution < -0.4 is 5.32 Å². The number of piperazine rings is 1. The Bertz CT molecular complexity index is 217. The third-order valence-corrected chi connectivity index (χ3v) is 2.61. The van der Waals surface area contributed by atoms with E-state index in [1.807, 2.05) is 4.90 Å². The van der Waals surface area contributed by atoms with Crippen LogP contribution in [0.25, 0.3) is 0 Å². The molecule has 0 aromatic rings. The fourth-order valence-electron chi connectivity index (χ4n) is 1.72. The maximum Gasteiger partial charge on any atom is 0.224 e. The van der Waals surface area contributed by atoms with Crippen LogP contribution >= 0.6 is 12.4 Å². The molecule has 1 heterocycles. The van der Waals surface area contributed by atoms with Crippen LogP contribution in [-0.4, -0.2) is 63.4 Å². The molecule has 0 saturated carbocycles. The lowest BCUT2D eigenvalue weighted by molar-refractivity contribution is -0.133. The van der Waals surface area contributed by atoms with E-state index in [1.165, 1.54) is 0 Å². The molecule has 6 heteroatoms. The number of hydrogen-bond donors (Lipinski definition) is 1. The molecule has 1 amide bonds. The van der Waals surface area contributed by atoms with E-state index in [4.69, 9.17) is 9.47 Å². The minimum atomic E-state index is 0. The first-order valence-electron chi connectivity index (χ1n) is 5.82. The van der Waals surface area contributed by atoms with Crippen LogP contribution in [0, 0.1) is 0 Å². The number of rotatable bonds is 6. The Morgan fingerprint density at radius 2 is 2.18 bits per heavy atom. The van der Waals surface area contributed by atoms with Crippen LogP contribution in [0.4, 0.5) is 0 Å². The number of methoxy groups -OCH3 is 1. The Balaban J connectivity index is 0.00000256. The number of amides is 1. The summed E-state index contributed by atoms with van der Waals surface area (Å²) in [5.41, 5.74) is 0. The smallest absolute Gasteiger partial charge is 0.224 e. The molecule has 0 spiro atoms. The van der Waals surface area contributed by atoms with Crippen molar-refractivity contribution < 1.29 is 14.3 Å². The van der Waals surface area contributed by atoms with Gasteiger partial charge in [0.1, 0.15) is 0 Å². The van der Waals surface area contributed by atoms with Crippen molar-refractivity contribution in [1.29, 1.82) is 0 Å². The van der Waals surface area contributed by atoms with Gasteiger partial charge >= 0.3 is 0 Å². The SMILES string of the molecule is COCCOCCC(=O)N1CCNC(C)C1.Cl. The van der Waals surface area contributed by atoms with Crippen molar-refractivity contribution in [1.82, 2.24) is 10.2 Å². The lowest BCUT2D eigenvalue weighted by atomic mass is 10.2. The Labute approximate surface area is 109 Å². The fraction of sp³-hybridized carbons (Fsp3) is 0.909. The first-order valence-corrected chi connectivity index (χ1v) is 5.82. The van der Waals surface area contributed by atoms with Gasteiger partial charge in [0.15, 0.2) is 0 Å². The molecule has 0 aromatic heterocycles. The molecule has 1 aliphatic heterocycles. The normalized spacial score (nSPS) is 19.9. The molecule has 0 bridgehead atoms. The first-order chi connectivity index (χ1) is 7.74. The van der Waals surface area contributed by atoms with Crippen molar-refractivity contribution in [2.75, 3.05) is 46.6 Å². The topological polar surface area (TPSA) is 50.8 Å². The molecular weight excluding hydrogens is 244 g/mol. The van der Waals surface area contributed by atoms with E-state index in [-0.39, 0.29) is 18.3 Å². The summed E-state index contributed by atoms with van der Waals surface area (Å²) in [6.45, 7) is 6.21. The molecule has 1 N–H and O–H groups in total. The summed E-state index contributed by atoms with van der Waals surface area (Å²) in [5, 5.41) is 3.31. The second-order valence-corrected chi connectivity index (χ2v) is 4.05. The second-order valence-electron chi connectivity index (χ2n) is 4.05. The Hall–Kier alpha value is -0.360. The Morgan fingerprint density at radius 3 is 2.82 bits per heavy atom. The average Bonchev–Trinajstić information content (AvgIpc) is 2.28. The number of carbonyl (C=O) groups is 1. The van der Waals surface area contributed by atoms with Crippen molar-refractivity contribution in [2.24, 2.45) is 0 Å². The van der Waals surface area contributed by atoms with E-state index >= 15 is 0 Å². The molecule has 1 atom stereocenters. The summed E-state index contributed by atoms with van der Waals surface area (Å²) in [7, 11) is 1.64. The summed E-state index contributed by atoms with van der Waals surface area (Å²) in [4.78, 5) is 13.7. The van der Waals surface area contributed by atoms with Gasteiger partial charge in [0.25, 0.3) is 0 Å². The van der Waals surface area contributed by atoms with Gasteiger partial charge in [0.05, 0.1) is 26.2 Å². The van der Waals surface area contributed by atoms with E-state index < -0.39 is 0 Å². The van der Waals surface area contributed by atoms with Crippen LogP contribution in [-0.2, 0) is 14.3 Å². The quantitative estimate of drug-likeness (QED) is 0.702. The van der Waals surface area contributed by atoms with E-state index in [1.54, 1.807) is 7.11 Å². The van der Waals surface area contributed by atoms with Gasteiger partial charge < -0.3 is 19.7 Å². The van der Waals surface area contributed by atoms with Gasteiger partial charge in [-0.3, -0.25) is 4.79 Å². The van der Waals surface area contributed by atoms with Gasteiger partial charge in [-0.1, -0.05) is 0 Å². The van der Waals surface area contributed by atoms with Crippen LogP contribution in [0.15, 0.2) is 0 Å². The summed E-state index contributed by atoms with van der Waals surface area (Å²) < 4.78 is 10.1. The highest BCUT2D eigenvalue weighted by molar-refractivity contribution is 5.85. The van der Waals surface area contributed by atoms with Crippen molar-refractivity contribution in [3.63, 3.8) is 0 Å². The number of ether oxygens (including phenoxy) is 2.